The highest BCUT2D eigenvalue weighted by molar-refractivity contribution is 8.51. The summed E-state index contributed by atoms with van der Waals surface area (Å²) in [6, 6.07) is 0. The zero-order valence-corrected chi connectivity index (χ0v) is 20.5. The number of anilines is 1. The number of aromatic nitrogens is 4. The van der Waals surface area contributed by atoms with E-state index < -0.39 is 32.4 Å². The Labute approximate surface area is 181 Å². The van der Waals surface area contributed by atoms with Crippen LogP contribution < -0.4 is 5.73 Å². The summed E-state index contributed by atoms with van der Waals surface area (Å²) < 4.78 is 26.5. The van der Waals surface area contributed by atoms with E-state index in [1.807, 2.05) is 4.57 Å². The molecule has 29 heavy (non-hydrogen) atoms. The van der Waals surface area contributed by atoms with E-state index in [0.29, 0.717) is 17.0 Å². The van der Waals surface area contributed by atoms with Gasteiger partial charge in [-0.15, -0.1) is 0 Å². The molecule has 4 heterocycles. The lowest BCUT2D eigenvalue weighted by atomic mass is 10.1. The van der Waals surface area contributed by atoms with Crippen LogP contribution in [0.5, 0.6) is 0 Å². The summed E-state index contributed by atoms with van der Waals surface area (Å²) in [6.45, 7) is 11.2. The van der Waals surface area contributed by atoms with Crippen LogP contribution in [-0.2, 0) is 42.3 Å². The van der Waals surface area contributed by atoms with Gasteiger partial charge in [0, 0.05) is 0 Å². The minimum absolute atomic E-state index is 0.00142. The van der Waals surface area contributed by atoms with Gasteiger partial charge in [-0.1, -0.05) is 32.6 Å². The fraction of sp³-hybridized carbons (Fsp3) is 0.688. The van der Waals surface area contributed by atoms with Crippen LogP contribution in [0.25, 0.3) is 11.2 Å². The molecule has 0 spiro atoms. The summed E-state index contributed by atoms with van der Waals surface area (Å²) in [5.74, 6) is 0.312. The molecule has 2 aliphatic rings. The molecule has 2 fully saturated rings. The highest BCUT2D eigenvalue weighted by Gasteiger charge is 2.53. The second-order valence-electron chi connectivity index (χ2n) is 8.80. The number of nitrogens with zero attached hydrogens (tertiary/aromatic N) is 4. The average molecular weight is 475 g/mol. The van der Waals surface area contributed by atoms with Crippen LogP contribution in [0.1, 0.15) is 27.0 Å². The maximum absolute atomic E-state index is 6.78. The molecule has 2 aromatic rings. The molecule has 13 heteroatoms. The summed E-state index contributed by atoms with van der Waals surface area (Å²) in [6.07, 6.45) is 1.34. The van der Waals surface area contributed by atoms with Crippen molar-refractivity contribution in [2.45, 2.75) is 63.4 Å². The molecule has 0 saturated carbocycles. The second kappa shape index (κ2) is 7.23. The van der Waals surface area contributed by atoms with Crippen LogP contribution in [0.3, 0.4) is 0 Å². The van der Waals surface area contributed by atoms with E-state index in [1.165, 1.54) is 6.33 Å². The predicted molar refractivity (Wildman–Crippen MR) is 118 cm³/mol. The maximum Gasteiger partial charge on any atom is 0.192 e. The number of nitrogens with two attached hydrogens (primary N) is 1. The standard InChI is InChI=1S/C16H26N5O4PS2Si/c1-16(2,3)29(4,5)25-12-11-9(6-22-26(27,28)24-11)23-15(12)21-8-20-10-13(17)18-7-19-14(10)21/h7-9,11-12,15H,6H2,1-5H3,(H,27,28)(H2,17,18,19)/p-1. The van der Waals surface area contributed by atoms with Crippen molar-refractivity contribution in [2.24, 2.45) is 0 Å². The third-order valence-corrected chi connectivity index (χ3v) is 12.4. The van der Waals surface area contributed by atoms with Crippen LogP contribution in [0, 0.1) is 0 Å². The Morgan fingerprint density at radius 1 is 1.34 bits per heavy atom. The zero-order chi connectivity index (χ0) is 21.2. The highest BCUT2D eigenvalue weighted by Crippen LogP contribution is 2.55. The Hall–Kier alpha value is -0.593. The molecule has 5 atom stereocenters. The van der Waals surface area contributed by atoms with Crippen LogP contribution in [0.2, 0.25) is 18.1 Å². The minimum Gasteiger partial charge on any atom is -0.691 e. The summed E-state index contributed by atoms with van der Waals surface area (Å²) in [4.78, 5) is 12.7. The van der Waals surface area contributed by atoms with Crippen molar-refractivity contribution in [3.8, 4) is 0 Å². The lowest BCUT2D eigenvalue weighted by Crippen LogP contribution is -2.50. The number of hydrogen-bond acceptors (Lipinski definition) is 10. The average Bonchev–Trinajstić information content (AvgIpc) is 3.16. The van der Waals surface area contributed by atoms with Gasteiger partial charge in [0.1, 0.15) is 30.2 Å². The van der Waals surface area contributed by atoms with Crippen molar-refractivity contribution < 1.29 is 18.2 Å². The highest BCUT2D eigenvalue weighted by atomic mass is 32.9. The van der Waals surface area contributed by atoms with Crippen molar-refractivity contribution in [1.29, 1.82) is 0 Å². The summed E-state index contributed by atoms with van der Waals surface area (Å²) in [7, 11) is -2.17. The molecule has 0 aliphatic carbocycles. The monoisotopic (exact) mass is 474 g/mol. The van der Waals surface area contributed by atoms with Gasteiger partial charge in [-0.05, 0) is 18.1 Å². The van der Waals surface area contributed by atoms with Gasteiger partial charge >= 0.3 is 0 Å². The number of nitrogen functional groups attached to an aromatic ring is 1. The molecule has 2 N–H and O–H groups in total. The smallest absolute Gasteiger partial charge is 0.192 e. The molecule has 160 valence electrons. The number of hydrogen-bond donors (Lipinski definition) is 1. The van der Waals surface area contributed by atoms with Gasteiger partial charge in [0.2, 0.25) is 0 Å². The largest absolute Gasteiger partial charge is 0.691 e. The van der Waals surface area contributed by atoms with E-state index >= 15 is 0 Å². The molecule has 2 saturated heterocycles. The van der Waals surface area contributed by atoms with Crippen LogP contribution >= 0.6 is 5.69 Å². The van der Waals surface area contributed by atoms with Gasteiger partial charge in [-0.3, -0.25) is 4.57 Å². The third-order valence-electron chi connectivity index (χ3n) is 5.83. The molecule has 2 aromatic heterocycles. The fourth-order valence-electron chi connectivity index (χ4n) is 3.24. The Kier molecular flexibility index (Phi) is 5.39. The Bertz CT molecular complexity index is 984. The summed E-state index contributed by atoms with van der Waals surface area (Å²) in [5, 5.41) is -0.00142. The van der Waals surface area contributed by atoms with E-state index in [4.69, 9.17) is 48.0 Å². The zero-order valence-electron chi connectivity index (χ0n) is 16.9. The quantitative estimate of drug-likeness (QED) is 0.405. The van der Waals surface area contributed by atoms with Crippen molar-refractivity contribution >= 4 is 55.0 Å². The van der Waals surface area contributed by atoms with E-state index in [9.17, 15) is 0 Å². The second-order valence-corrected chi connectivity index (χ2v) is 18.5. The molecule has 0 aromatic carbocycles. The number of rotatable bonds is 3. The first-order chi connectivity index (χ1) is 13.4. The van der Waals surface area contributed by atoms with E-state index in [-0.39, 0.29) is 17.7 Å². The van der Waals surface area contributed by atoms with E-state index in [2.05, 4.69) is 48.8 Å². The van der Waals surface area contributed by atoms with Crippen molar-refractivity contribution in [2.75, 3.05) is 12.3 Å². The third kappa shape index (κ3) is 3.89. The molecule has 2 aliphatic heterocycles. The van der Waals surface area contributed by atoms with Crippen LogP contribution in [0.4, 0.5) is 5.82 Å². The Balaban J connectivity index is 1.77. The molecular weight excluding hydrogens is 449 g/mol. The van der Waals surface area contributed by atoms with E-state index in [0.717, 1.165) is 0 Å². The Morgan fingerprint density at radius 3 is 2.76 bits per heavy atom. The molecule has 0 bridgehead atoms. The fourth-order valence-corrected chi connectivity index (χ4v) is 6.43. The SMILES string of the molecule is CC(C)(C)[Si](C)(C)OC1C2OP(=S)([S-])OCC2OC1n1cnc2c(N)ncnc21. The van der Waals surface area contributed by atoms with Crippen LogP contribution in [0.15, 0.2) is 12.7 Å². The lowest BCUT2D eigenvalue weighted by molar-refractivity contribution is -0.0521. The lowest BCUT2D eigenvalue weighted by Gasteiger charge is -2.43. The molecule has 0 amide bonds. The predicted octanol–water partition coefficient (Wildman–Crippen LogP) is 2.88. The molecule has 9 nitrogen and oxygen atoms in total. The molecular formula is C16H25N5O4PS2Si-. The molecule has 4 rings (SSSR count). The summed E-state index contributed by atoms with van der Waals surface area (Å²) in [5.41, 5.74) is 4.29. The Morgan fingerprint density at radius 2 is 2.07 bits per heavy atom. The number of imidazole rings is 1. The van der Waals surface area contributed by atoms with Crippen molar-refractivity contribution in [1.82, 2.24) is 19.5 Å². The number of fused-ring (bicyclic) bond motifs is 2. The van der Waals surface area contributed by atoms with Crippen molar-refractivity contribution in [3.63, 3.8) is 0 Å². The van der Waals surface area contributed by atoms with Gasteiger partial charge < -0.3 is 36.2 Å². The normalized spacial score (nSPS) is 33.2. The van der Waals surface area contributed by atoms with E-state index in [1.54, 1.807) is 6.33 Å². The van der Waals surface area contributed by atoms with Gasteiger partial charge in [0.05, 0.1) is 18.6 Å². The van der Waals surface area contributed by atoms with Crippen molar-refractivity contribution in [3.05, 3.63) is 12.7 Å². The van der Waals surface area contributed by atoms with Gasteiger partial charge in [0.25, 0.3) is 0 Å². The first-order valence-electron chi connectivity index (χ1n) is 9.30. The first kappa shape index (κ1) is 21.6. The maximum atomic E-state index is 6.78. The van der Waals surface area contributed by atoms with Gasteiger partial charge in [0.15, 0.2) is 26.0 Å². The number of ether oxygens (including phenoxy) is 1. The minimum atomic E-state index is -2.76. The first-order valence-corrected chi connectivity index (χ1v) is 15.9. The molecule has 0 radical (unpaired) electrons. The summed E-state index contributed by atoms with van der Waals surface area (Å²) >= 11 is 10.7. The van der Waals surface area contributed by atoms with Crippen LogP contribution in [-0.4, -0.2) is 52.8 Å². The van der Waals surface area contributed by atoms with Gasteiger partial charge in [-0.25, -0.2) is 15.0 Å². The van der Waals surface area contributed by atoms with Gasteiger partial charge in [-0.2, -0.15) is 0 Å². The molecule has 5 unspecified atom stereocenters. The topological polar surface area (TPSA) is 107 Å².